The summed E-state index contributed by atoms with van der Waals surface area (Å²) in [6, 6.07) is 19.5. The third-order valence-corrected chi connectivity index (χ3v) is 10.5. The van der Waals surface area contributed by atoms with E-state index in [1.807, 2.05) is 12.1 Å². The molecule has 3 aromatic rings. The second-order valence-electron chi connectivity index (χ2n) is 11.5. The second-order valence-corrected chi connectivity index (χ2v) is 13.4. The molecule has 2 heterocycles. The summed E-state index contributed by atoms with van der Waals surface area (Å²) in [7, 11) is 0. The highest BCUT2D eigenvalue weighted by Crippen LogP contribution is 2.58. The summed E-state index contributed by atoms with van der Waals surface area (Å²) in [4.78, 5) is 58.5. The molecule has 0 unspecified atom stereocenters. The molecule has 2 aliphatic carbocycles. The Hall–Kier alpha value is -3.56. The van der Waals surface area contributed by atoms with E-state index in [4.69, 9.17) is 0 Å². The van der Waals surface area contributed by atoms with Crippen molar-refractivity contribution in [2.45, 2.75) is 25.7 Å². The fourth-order valence-electron chi connectivity index (χ4n) is 7.52. The Morgan fingerprint density at radius 1 is 0.690 bits per heavy atom. The van der Waals surface area contributed by atoms with Gasteiger partial charge in [-0.15, -0.1) is 0 Å². The Morgan fingerprint density at radius 3 is 1.81 bits per heavy atom. The van der Waals surface area contributed by atoms with Crippen LogP contribution in [-0.4, -0.2) is 28.7 Å². The molecule has 42 heavy (non-hydrogen) atoms. The number of aryl methyl sites for hydroxylation is 1. The van der Waals surface area contributed by atoms with Crippen molar-refractivity contribution in [3.05, 3.63) is 98.5 Å². The Morgan fingerprint density at radius 2 is 1.24 bits per heavy atom. The van der Waals surface area contributed by atoms with Crippen molar-refractivity contribution in [2.24, 2.45) is 29.6 Å². The predicted octanol–water partition coefficient (Wildman–Crippen LogP) is 6.27. The van der Waals surface area contributed by atoms with E-state index in [2.05, 4.69) is 31.9 Å². The number of nitrogens with zero attached hydrogens (tertiary/aromatic N) is 2. The number of imide groups is 2. The van der Waals surface area contributed by atoms with Gasteiger partial charge >= 0.3 is 0 Å². The first kappa shape index (κ1) is 27.3. The van der Waals surface area contributed by atoms with E-state index in [-0.39, 0.29) is 35.3 Å². The number of amides is 4. The van der Waals surface area contributed by atoms with Gasteiger partial charge in [-0.25, -0.2) is 0 Å². The molecule has 4 amide bonds. The summed E-state index contributed by atoms with van der Waals surface area (Å²) in [5.41, 5.74) is 3.44. The molecule has 0 bridgehead atoms. The number of anilines is 2. The molecule has 2 saturated heterocycles. The number of carbonyl (C=O) groups is 4. The van der Waals surface area contributed by atoms with Gasteiger partial charge in [-0.2, -0.15) is 0 Å². The number of allylic oxidation sites excluding steroid dienone is 2. The third-order valence-electron chi connectivity index (χ3n) is 9.40. The van der Waals surface area contributed by atoms with Crippen LogP contribution in [0.15, 0.2) is 87.3 Å². The Bertz CT molecular complexity index is 1700. The molecule has 3 fully saturated rings. The SMILES string of the molecule is Cc1cc([C@H]2C3=CC[C@@H]4C(=O)N(c5ccc(Br)cc5)C(=O)[C@@H]4[C@@H]3C[C@H]3C(=O)N(c4ccc(Br)cc4)C(=O)[C@@H]23)ccc1O. The molecule has 2 aliphatic heterocycles. The fourth-order valence-corrected chi connectivity index (χ4v) is 8.05. The van der Waals surface area contributed by atoms with E-state index >= 15 is 0 Å². The molecular formula is C33H26Br2N2O5. The highest BCUT2D eigenvalue weighted by atomic mass is 79.9. The zero-order chi connectivity index (χ0) is 29.4. The normalized spacial score (nSPS) is 28.5. The van der Waals surface area contributed by atoms with Crippen LogP contribution in [0.4, 0.5) is 11.4 Å². The van der Waals surface area contributed by atoms with Crippen molar-refractivity contribution in [3.8, 4) is 5.75 Å². The molecule has 4 aliphatic rings. The molecule has 0 spiro atoms. The number of phenolic OH excluding ortho intramolecular Hbond substituents is 1. The number of halogens is 2. The minimum Gasteiger partial charge on any atom is -0.508 e. The summed E-state index contributed by atoms with van der Waals surface area (Å²) in [5.74, 6) is -4.17. The first-order chi connectivity index (χ1) is 20.2. The molecule has 0 radical (unpaired) electrons. The van der Waals surface area contributed by atoms with Crippen LogP contribution in [-0.2, 0) is 19.2 Å². The van der Waals surface area contributed by atoms with Crippen LogP contribution < -0.4 is 9.80 Å². The lowest BCUT2D eigenvalue weighted by molar-refractivity contribution is -0.126. The largest absolute Gasteiger partial charge is 0.508 e. The van der Waals surface area contributed by atoms with Gasteiger partial charge in [0, 0.05) is 14.9 Å². The molecule has 9 heteroatoms. The first-order valence-corrected chi connectivity index (χ1v) is 15.5. The molecule has 1 saturated carbocycles. The monoisotopic (exact) mass is 688 g/mol. The van der Waals surface area contributed by atoms with Crippen LogP contribution in [0.25, 0.3) is 0 Å². The number of rotatable bonds is 3. The number of aromatic hydroxyl groups is 1. The highest BCUT2D eigenvalue weighted by molar-refractivity contribution is 9.10. The molecule has 3 aromatic carbocycles. The van der Waals surface area contributed by atoms with Gasteiger partial charge in [-0.1, -0.05) is 55.6 Å². The van der Waals surface area contributed by atoms with E-state index in [0.717, 1.165) is 20.1 Å². The van der Waals surface area contributed by atoms with E-state index in [9.17, 15) is 24.3 Å². The molecule has 212 valence electrons. The van der Waals surface area contributed by atoms with Crippen molar-refractivity contribution in [1.82, 2.24) is 0 Å². The highest BCUT2D eigenvalue weighted by Gasteiger charge is 2.62. The van der Waals surface area contributed by atoms with Gasteiger partial charge in [-0.3, -0.25) is 29.0 Å². The minimum atomic E-state index is -0.654. The van der Waals surface area contributed by atoms with Gasteiger partial charge < -0.3 is 5.11 Å². The van der Waals surface area contributed by atoms with Gasteiger partial charge in [0.05, 0.1) is 35.0 Å². The molecular weight excluding hydrogens is 664 g/mol. The maximum atomic E-state index is 14.1. The van der Waals surface area contributed by atoms with Gasteiger partial charge in [-0.05, 0) is 91.4 Å². The quantitative estimate of drug-likeness (QED) is 0.259. The van der Waals surface area contributed by atoms with Crippen molar-refractivity contribution >= 4 is 66.9 Å². The lowest BCUT2D eigenvalue weighted by atomic mass is 9.57. The number of hydrogen-bond donors (Lipinski definition) is 1. The smallest absolute Gasteiger partial charge is 0.238 e. The number of benzene rings is 3. The Balaban J connectivity index is 1.33. The summed E-state index contributed by atoms with van der Waals surface area (Å²) in [5, 5.41) is 10.3. The van der Waals surface area contributed by atoms with Gasteiger partial charge in [0.25, 0.3) is 0 Å². The van der Waals surface area contributed by atoms with Crippen LogP contribution in [0.3, 0.4) is 0 Å². The lowest BCUT2D eigenvalue weighted by Gasteiger charge is -2.44. The average molecular weight is 690 g/mol. The van der Waals surface area contributed by atoms with Crippen molar-refractivity contribution in [3.63, 3.8) is 0 Å². The Kier molecular flexibility index (Phi) is 6.51. The lowest BCUT2D eigenvalue weighted by Crippen LogP contribution is -2.43. The fraction of sp³-hybridized carbons (Fsp3) is 0.273. The zero-order valence-electron chi connectivity index (χ0n) is 22.5. The van der Waals surface area contributed by atoms with E-state index in [0.29, 0.717) is 29.8 Å². The van der Waals surface area contributed by atoms with Crippen LogP contribution >= 0.6 is 31.9 Å². The summed E-state index contributed by atoms with van der Waals surface area (Å²) < 4.78 is 1.68. The van der Waals surface area contributed by atoms with Crippen LogP contribution in [0.2, 0.25) is 0 Å². The molecule has 7 nitrogen and oxygen atoms in total. The van der Waals surface area contributed by atoms with E-state index in [1.165, 1.54) is 9.80 Å². The number of carbonyl (C=O) groups excluding carboxylic acids is 4. The van der Waals surface area contributed by atoms with Crippen LogP contribution in [0, 0.1) is 36.5 Å². The van der Waals surface area contributed by atoms with Gasteiger partial charge in [0.1, 0.15) is 5.75 Å². The van der Waals surface area contributed by atoms with Crippen molar-refractivity contribution in [2.75, 3.05) is 9.80 Å². The number of phenols is 1. The summed E-state index contributed by atoms with van der Waals surface area (Å²) >= 11 is 6.83. The molecule has 0 aromatic heterocycles. The van der Waals surface area contributed by atoms with Crippen molar-refractivity contribution in [1.29, 1.82) is 0 Å². The van der Waals surface area contributed by atoms with Gasteiger partial charge in [0.15, 0.2) is 0 Å². The van der Waals surface area contributed by atoms with Crippen molar-refractivity contribution < 1.29 is 24.3 Å². The number of fused-ring (bicyclic) bond motifs is 4. The first-order valence-electron chi connectivity index (χ1n) is 13.9. The summed E-state index contributed by atoms with van der Waals surface area (Å²) in [6.45, 7) is 1.80. The minimum absolute atomic E-state index is 0.146. The molecule has 7 rings (SSSR count). The summed E-state index contributed by atoms with van der Waals surface area (Å²) in [6.07, 6.45) is 2.73. The molecule has 1 N–H and O–H groups in total. The van der Waals surface area contributed by atoms with Gasteiger partial charge in [0.2, 0.25) is 23.6 Å². The van der Waals surface area contributed by atoms with E-state index in [1.54, 1.807) is 67.6 Å². The van der Waals surface area contributed by atoms with Crippen LogP contribution in [0.5, 0.6) is 5.75 Å². The maximum absolute atomic E-state index is 14.1. The zero-order valence-corrected chi connectivity index (χ0v) is 25.7. The standard InChI is InChI=1S/C33H26Br2N2O5/c1-16-14-17(2-13-26(16)38)27-22-11-12-23-28(32(41)36(30(23)39)20-7-3-18(34)4-8-20)24(22)15-25-29(27)33(42)37(31(25)40)21-9-5-19(35)6-10-21/h2-11,13-14,23-25,27-29,38H,12,15H2,1H3/t23-,24+,25+,27-,28-,29+/m0/s1. The molecule has 6 atom stereocenters. The van der Waals surface area contributed by atoms with Crippen LogP contribution in [0.1, 0.15) is 29.9 Å². The number of hydrogen-bond acceptors (Lipinski definition) is 5. The second kappa shape index (κ2) is 10.0. The van der Waals surface area contributed by atoms with E-state index < -0.39 is 29.6 Å². The topological polar surface area (TPSA) is 95.0 Å². The average Bonchev–Trinajstić information content (AvgIpc) is 3.38. The maximum Gasteiger partial charge on any atom is 0.238 e. The Labute approximate surface area is 259 Å². The third kappa shape index (κ3) is 4.04. The predicted molar refractivity (Wildman–Crippen MR) is 164 cm³/mol.